The molecule has 6 atom stereocenters. The van der Waals surface area contributed by atoms with Crippen LogP contribution in [-0.4, -0.2) is 44.9 Å². The largest absolute Gasteiger partial charge is 0.481 e. The van der Waals surface area contributed by atoms with Crippen molar-refractivity contribution in [3.8, 4) is 0 Å². The van der Waals surface area contributed by atoms with Crippen LogP contribution >= 0.6 is 34.8 Å². The van der Waals surface area contributed by atoms with Crippen LogP contribution in [0.5, 0.6) is 0 Å². The van der Waals surface area contributed by atoms with Crippen LogP contribution in [0.2, 0.25) is 0 Å². The van der Waals surface area contributed by atoms with Gasteiger partial charge in [0.2, 0.25) is 0 Å². The predicted molar refractivity (Wildman–Crippen MR) is 68.5 cm³/mol. The van der Waals surface area contributed by atoms with E-state index in [4.69, 9.17) is 45.2 Å². The summed E-state index contributed by atoms with van der Waals surface area (Å²) < 4.78 is 0. The summed E-state index contributed by atoms with van der Waals surface area (Å²) in [6.07, 6.45) is -1.36. The van der Waals surface area contributed by atoms with Crippen molar-refractivity contribution < 1.29 is 24.8 Å². The average Bonchev–Trinajstić information content (AvgIpc) is 2.27. The fourth-order valence-corrected chi connectivity index (χ4v) is 2.67. The zero-order valence-electron chi connectivity index (χ0n) is 9.79. The number of carboxylic acid groups (broad SMARTS) is 1. The average molecular weight is 322 g/mol. The minimum Gasteiger partial charge on any atom is -0.481 e. The van der Waals surface area contributed by atoms with Crippen molar-refractivity contribution in [2.24, 2.45) is 11.8 Å². The van der Waals surface area contributed by atoms with E-state index in [2.05, 4.69) is 4.89 Å². The van der Waals surface area contributed by atoms with Crippen molar-refractivity contribution >= 4 is 47.1 Å². The van der Waals surface area contributed by atoms with Gasteiger partial charge in [-0.05, 0) is 13.8 Å². The van der Waals surface area contributed by atoms with E-state index >= 15 is 0 Å². The summed E-state index contributed by atoms with van der Waals surface area (Å²) in [5.41, 5.74) is 0. The highest BCUT2D eigenvalue weighted by atomic mass is 35.5. The molecule has 0 heterocycles. The van der Waals surface area contributed by atoms with Crippen LogP contribution in [0.1, 0.15) is 13.8 Å². The Morgan fingerprint density at radius 2 is 1.72 bits per heavy atom. The number of aliphatic carboxylic acids is 1. The highest BCUT2D eigenvalue weighted by Gasteiger charge is 2.44. The summed E-state index contributed by atoms with van der Waals surface area (Å²) in [4.78, 5) is 25.8. The molecule has 106 valence electrons. The van der Waals surface area contributed by atoms with Crippen LogP contribution in [-0.2, 0) is 14.5 Å². The molecular weight excluding hydrogens is 306 g/mol. The molecule has 0 amide bonds. The van der Waals surface area contributed by atoms with Gasteiger partial charge in [-0.15, -0.1) is 34.8 Å². The first-order valence-electron chi connectivity index (χ1n) is 5.18. The summed E-state index contributed by atoms with van der Waals surface area (Å²) in [5, 5.41) is 15.7. The molecule has 0 aromatic rings. The first-order chi connectivity index (χ1) is 8.27. The number of aldehydes is 1. The lowest BCUT2D eigenvalue weighted by Crippen LogP contribution is -2.45. The minimum atomic E-state index is -1.55. The third-order valence-corrected chi connectivity index (χ3v) is 4.01. The molecule has 0 aromatic heterocycles. The first-order valence-corrected chi connectivity index (χ1v) is 6.49. The van der Waals surface area contributed by atoms with Gasteiger partial charge in [0, 0.05) is 16.7 Å². The predicted octanol–water partition coefficient (Wildman–Crippen LogP) is 2.22. The van der Waals surface area contributed by atoms with E-state index in [1.54, 1.807) is 6.92 Å². The molecule has 0 saturated carbocycles. The van der Waals surface area contributed by atoms with Crippen molar-refractivity contribution in [2.45, 2.75) is 36.1 Å². The Labute approximate surface area is 120 Å². The minimum absolute atomic E-state index is 0.188. The van der Waals surface area contributed by atoms with Gasteiger partial charge in [-0.2, -0.15) is 0 Å². The number of hydrogen-bond acceptors (Lipinski definition) is 4. The van der Waals surface area contributed by atoms with E-state index < -0.39 is 40.0 Å². The number of hydrogen-bond donors (Lipinski definition) is 2. The van der Waals surface area contributed by atoms with Crippen molar-refractivity contribution in [3.05, 3.63) is 0 Å². The second kappa shape index (κ2) is 8.17. The lowest BCUT2D eigenvalue weighted by Gasteiger charge is -2.32. The molecule has 2 N–H and O–H groups in total. The second-order valence-electron chi connectivity index (χ2n) is 3.95. The van der Waals surface area contributed by atoms with Gasteiger partial charge in [-0.25, -0.2) is 4.89 Å². The molecule has 0 spiro atoms. The molecular formula is C10H15Cl3O5. The summed E-state index contributed by atoms with van der Waals surface area (Å²) in [6.45, 7) is 3.12. The summed E-state index contributed by atoms with van der Waals surface area (Å²) in [5.74, 6) is -3.58. The molecule has 0 aliphatic heterocycles. The molecule has 0 bridgehead atoms. The van der Waals surface area contributed by atoms with Gasteiger partial charge >= 0.3 is 5.97 Å². The fourth-order valence-electron chi connectivity index (χ4n) is 1.74. The van der Waals surface area contributed by atoms with Crippen LogP contribution in [0, 0.1) is 11.8 Å². The van der Waals surface area contributed by atoms with E-state index in [9.17, 15) is 9.59 Å². The lowest BCUT2D eigenvalue weighted by atomic mass is 9.82. The lowest BCUT2D eigenvalue weighted by molar-refractivity contribution is -0.280. The fraction of sp³-hybridized carbons (Fsp3) is 0.800. The Kier molecular flexibility index (Phi) is 8.14. The van der Waals surface area contributed by atoms with E-state index in [1.807, 2.05) is 0 Å². The van der Waals surface area contributed by atoms with Crippen LogP contribution in [0.3, 0.4) is 0 Å². The topological polar surface area (TPSA) is 83.8 Å². The maximum absolute atomic E-state index is 11.2. The highest BCUT2D eigenvalue weighted by Crippen LogP contribution is 2.33. The molecule has 18 heavy (non-hydrogen) atoms. The summed E-state index contributed by atoms with van der Waals surface area (Å²) >= 11 is 17.8. The molecule has 5 nitrogen and oxygen atoms in total. The number of carbonyl (C=O) groups is 2. The van der Waals surface area contributed by atoms with Gasteiger partial charge in [-0.1, -0.05) is 0 Å². The number of halogens is 3. The van der Waals surface area contributed by atoms with E-state index in [0.29, 0.717) is 0 Å². The van der Waals surface area contributed by atoms with Gasteiger partial charge in [0.25, 0.3) is 0 Å². The first kappa shape index (κ1) is 17.9. The van der Waals surface area contributed by atoms with Crippen LogP contribution in [0.4, 0.5) is 0 Å². The van der Waals surface area contributed by atoms with Gasteiger partial charge < -0.3 is 9.90 Å². The second-order valence-corrected chi connectivity index (χ2v) is 5.83. The Hall–Kier alpha value is -0.0700. The molecule has 0 radical (unpaired) electrons. The SMILES string of the molecule is CC(Cl)C(Cl)C(C(C)Cl)C(C(=O)O)[C@H](C=O)OO. The summed E-state index contributed by atoms with van der Waals surface area (Å²) in [6, 6.07) is 0. The van der Waals surface area contributed by atoms with E-state index in [-0.39, 0.29) is 6.29 Å². The smallest absolute Gasteiger partial charge is 0.310 e. The van der Waals surface area contributed by atoms with Crippen molar-refractivity contribution in [3.63, 3.8) is 0 Å². The summed E-state index contributed by atoms with van der Waals surface area (Å²) in [7, 11) is 0. The number of carboxylic acids is 1. The number of carbonyl (C=O) groups excluding carboxylic acids is 1. The monoisotopic (exact) mass is 320 g/mol. The van der Waals surface area contributed by atoms with Crippen LogP contribution in [0.15, 0.2) is 0 Å². The molecule has 0 aliphatic carbocycles. The maximum atomic E-state index is 11.2. The molecule has 0 rings (SSSR count). The van der Waals surface area contributed by atoms with Gasteiger partial charge in [0.05, 0.1) is 11.3 Å². The van der Waals surface area contributed by atoms with Crippen LogP contribution in [0.25, 0.3) is 0 Å². The number of rotatable bonds is 8. The number of alkyl halides is 3. The normalized spacial score (nSPS) is 21.4. The third-order valence-electron chi connectivity index (χ3n) is 2.65. The van der Waals surface area contributed by atoms with Gasteiger partial charge in [-0.3, -0.25) is 10.1 Å². The Bertz CT molecular complexity index is 285. The molecule has 8 heteroatoms. The third kappa shape index (κ3) is 4.55. The maximum Gasteiger partial charge on any atom is 0.310 e. The molecule has 0 saturated heterocycles. The van der Waals surface area contributed by atoms with Crippen molar-refractivity contribution in [1.82, 2.24) is 0 Å². The molecule has 0 aromatic carbocycles. The van der Waals surface area contributed by atoms with Gasteiger partial charge in [0.15, 0.2) is 12.4 Å². The Balaban J connectivity index is 5.36. The Morgan fingerprint density at radius 1 is 1.22 bits per heavy atom. The van der Waals surface area contributed by atoms with E-state index in [0.717, 1.165) is 0 Å². The van der Waals surface area contributed by atoms with Crippen molar-refractivity contribution in [2.75, 3.05) is 0 Å². The molecule has 5 unspecified atom stereocenters. The zero-order chi connectivity index (χ0) is 14.5. The van der Waals surface area contributed by atoms with Crippen LogP contribution < -0.4 is 0 Å². The zero-order valence-corrected chi connectivity index (χ0v) is 12.1. The highest BCUT2D eigenvalue weighted by molar-refractivity contribution is 6.30. The standard InChI is InChI=1S/C10H15Cl3O5/c1-4(11)7(9(13)5(2)12)8(10(15)16)6(3-14)18-17/h3-9,17H,1-2H3,(H,15,16)/t4?,5?,6-,7?,8?,9?/m0/s1. The van der Waals surface area contributed by atoms with Crippen molar-refractivity contribution in [1.29, 1.82) is 0 Å². The Morgan fingerprint density at radius 3 is 1.94 bits per heavy atom. The van der Waals surface area contributed by atoms with E-state index in [1.165, 1.54) is 6.92 Å². The molecule has 0 fully saturated rings. The van der Waals surface area contributed by atoms with Gasteiger partial charge in [0.1, 0.15) is 0 Å². The molecule has 0 aliphatic rings. The quantitative estimate of drug-likeness (QED) is 0.310.